The maximum atomic E-state index is 12.6. The van der Waals surface area contributed by atoms with Crippen molar-refractivity contribution in [3.05, 3.63) is 136 Å². The number of imidazole rings is 1. The maximum Gasteiger partial charge on any atom is 0.188 e. The Labute approximate surface area is 245 Å². The Morgan fingerprint density at radius 3 is 2.24 bits per heavy atom. The lowest BCUT2D eigenvalue weighted by Crippen LogP contribution is -2.31. The van der Waals surface area contributed by atoms with Crippen molar-refractivity contribution in [2.75, 3.05) is 0 Å². The van der Waals surface area contributed by atoms with Crippen LogP contribution >= 0.6 is 23.2 Å². The lowest BCUT2D eigenvalue weighted by molar-refractivity contribution is 0.117. The van der Waals surface area contributed by atoms with Gasteiger partial charge < -0.3 is 9.67 Å². The minimum atomic E-state index is -1.54. The molecule has 7 aromatic rings. The van der Waals surface area contributed by atoms with Gasteiger partial charge in [-0.25, -0.2) is 4.98 Å². The first-order valence-corrected chi connectivity index (χ1v) is 13.7. The summed E-state index contributed by atoms with van der Waals surface area (Å²) >= 11 is 12.7. The molecule has 0 aliphatic carbocycles. The lowest BCUT2D eigenvalue weighted by Gasteiger charge is -2.30. The summed E-state index contributed by atoms with van der Waals surface area (Å²) in [5.74, 6) is 0. The molecule has 0 fully saturated rings. The molecule has 1 atom stereocenters. The molecule has 0 aliphatic rings. The number of benzene rings is 4. The number of nitrogens with zero attached hydrogens (tertiary/aromatic N) is 6. The van der Waals surface area contributed by atoms with Crippen LogP contribution < -0.4 is 0 Å². The minimum absolute atomic E-state index is 0.580. The Bertz CT molecular complexity index is 2050. The quantitative estimate of drug-likeness (QED) is 0.240. The monoisotopic (exact) mass is 576 g/mol. The second-order valence-corrected chi connectivity index (χ2v) is 10.8. The molecule has 0 aliphatic heterocycles. The Kier molecular flexibility index (Phi) is 6.08. The first kappa shape index (κ1) is 25.4. The highest BCUT2D eigenvalue weighted by Crippen LogP contribution is 2.44. The second kappa shape index (κ2) is 9.82. The number of aromatic nitrogens is 6. The Morgan fingerprint density at radius 2 is 1.51 bits per heavy atom. The van der Waals surface area contributed by atoms with Crippen LogP contribution in [0.3, 0.4) is 0 Å². The zero-order valence-corrected chi connectivity index (χ0v) is 23.3. The van der Waals surface area contributed by atoms with Crippen molar-refractivity contribution in [1.29, 1.82) is 0 Å². The molecule has 200 valence electrons. The van der Waals surface area contributed by atoms with Crippen molar-refractivity contribution >= 4 is 39.8 Å². The first-order chi connectivity index (χ1) is 19.9. The van der Waals surface area contributed by atoms with Crippen LogP contribution in [0.4, 0.5) is 0 Å². The van der Waals surface area contributed by atoms with E-state index in [2.05, 4.69) is 20.5 Å². The number of halogens is 2. The maximum absolute atomic E-state index is 12.6. The Hall–Kier alpha value is -4.56. The summed E-state index contributed by atoms with van der Waals surface area (Å²) in [6, 6.07) is 30.8. The molecule has 9 heteroatoms. The van der Waals surface area contributed by atoms with E-state index in [0.717, 1.165) is 33.2 Å². The van der Waals surface area contributed by atoms with Crippen LogP contribution in [0.2, 0.25) is 10.0 Å². The normalized spacial score (nSPS) is 13.1. The molecule has 1 unspecified atom stereocenters. The number of aliphatic hydroxyl groups is 1. The van der Waals surface area contributed by atoms with Crippen molar-refractivity contribution in [1.82, 2.24) is 29.6 Å². The fourth-order valence-electron chi connectivity index (χ4n) is 5.58. The molecule has 0 saturated carbocycles. The third-order valence-electron chi connectivity index (χ3n) is 7.48. The molecule has 41 heavy (non-hydrogen) atoms. The summed E-state index contributed by atoms with van der Waals surface area (Å²) in [6.07, 6.45) is 3.35. The number of hydrogen-bond acceptors (Lipinski definition) is 5. The van der Waals surface area contributed by atoms with E-state index in [1.165, 1.54) is 0 Å². The number of hydrogen-bond donors (Lipinski definition) is 1. The van der Waals surface area contributed by atoms with E-state index in [9.17, 15) is 5.11 Å². The molecule has 3 heterocycles. The zero-order valence-electron chi connectivity index (χ0n) is 21.8. The van der Waals surface area contributed by atoms with Crippen LogP contribution in [-0.2, 0) is 12.6 Å². The van der Waals surface area contributed by atoms with Crippen molar-refractivity contribution in [2.45, 2.75) is 5.60 Å². The minimum Gasteiger partial charge on any atom is -0.374 e. The highest BCUT2D eigenvalue weighted by Gasteiger charge is 2.37. The van der Waals surface area contributed by atoms with E-state index in [-0.39, 0.29) is 0 Å². The molecule has 0 bridgehead atoms. The molecular formula is C32H22Cl2N6O. The summed E-state index contributed by atoms with van der Waals surface area (Å²) in [5.41, 5.74) is 5.38. The molecular weight excluding hydrogens is 555 g/mol. The summed E-state index contributed by atoms with van der Waals surface area (Å²) < 4.78 is 3.55. The van der Waals surface area contributed by atoms with E-state index in [1.807, 2.05) is 96.5 Å². The summed E-state index contributed by atoms with van der Waals surface area (Å²) in [7, 11) is 1.86. The fourth-order valence-corrected chi connectivity index (χ4v) is 5.90. The predicted octanol–water partition coefficient (Wildman–Crippen LogP) is 6.94. The van der Waals surface area contributed by atoms with E-state index in [0.29, 0.717) is 32.5 Å². The zero-order chi connectivity index (χ0) is 28.1. The van der Waals surface area contributed by atoms with E-state index in [1.54, 1.807) is 29.2 Å². The summed E-state index contributed by atoms with van der Waals surface area (Å²) in [5, 5.41) is 27.5. The van der Waals surface area contributed by atoms with Crippen molar-refractivity contribution in [3.8, 4) is 22.3 Å². The van der Waals surface area contributed by atoms with Gasteiger partial charge in [0.05, 0.1) is 23.7 Å². The molecule has 0 amide bonds. The van der Waals surface area contributed by atoms with Gasteiger partial charge in [0.25, 0.3) is 0 Å². The van der Waals surface area contributed by atoms with Crippen LogP contribution in [0, 0.1) is 0 Å². The van der Waals surface area contributed by atoms with Crippen molar-refractivity contribution < 1.29 is 5.11 Å². The van der Waals surface area contributed by atoms with Crippen LogP contribution in [0.15, 0.2) is 110 Å². The van der Waals surface area contributed by atoms with Gasteiger partial charge in [-0.1, -0.05) is 83.9 Å². The summed E-state index contributed by atoms with van der Waals surface area (Å²) in [6.45, 7) is 0. The largest absolute Gasteiger partial charge is 0.374 e. The molecule has 7 rings (SSSR count). The molecule has 7 nitrogen and oxygen atoms in total. The number of fused-ring (bicyclic) bond motifs is 3. The van der Waals surface area contributed by atoms with Crippen molar-refractivity contribution in [3.63, 3.8) is 0 Å². The average Bonchev–Trinajstić information content (AvgIpc) is 3.66. The van der Waals surface area contributed by atoms with Gasteiger partial charge in [-0.2, -0.15) is 4.52 Å². The van der Waals surface area contributed by atoms with Crippen LogP contribution in [-0.4, -0.2) is 34.7 Å². The highest BCUT2D eigenvalue weighted by atomic mass is 35.5. The summed E-state index contributed by atoms with van der Waals surface area (Å²) in [4.78, 5) is 4.31. The molecule has 1 N–H and O–H groups in total. The number of pyridine rings is 1. The second-order valence-electron chi connectivity index (χ2n) is 9.88. The smallest absolute Gasteiger partial charge is 0.188 e. The van der Waals surface area contributed by atoms with Crippen LogP contribution in [0.1, 0.15) is 16.8 Å². The number of rotatable bonds is 5. The molecule has 0 radical (unpaired) electrons. The number of aryl methyl sites for hydroxylation is 1. The predicted molar refractivity (Wildman–Crippen MR) is 161 cm³/mol. The number of tetrazole rings is 1. The molecule has 0 spiro atoms. The van der Waals surface area contributed by atoms with E-state index < -0.39 is 5.60 Å². The van der Waals surface area contributed by atoms with Gasteiger partial charge >= 0.3 is 0 Å². The van der Waals surface area contributed by atoms with E-state index in [4.69, 9.17) is 23.2 Å². The lowest BCUT2D eigenvalue weighted by atomic mass is 9.82. The van der Waals surface area contributed by atoms with Gasteiger partial charge in [0, 0.05) is 33.6 Å². The van der Waals surface area contributed by atoms with Crippen LogP contribution in [0.5, 0.6) is 0 Å². The van der Waals surface area contributed by atoms with Gasteiger partial charge in [-0.15, -0.1) is 5.10 Å². The molecule has 3 aromatic heterocycles. The van der Waals surface area contributed by atoms with E-state index >= 15 is 0 Å². The van der Waals surface area contributed by atoms with Gasteiger partial charge in [0.15, 0.2) is 11.2 Å². The Morgan fingerprint density at radius 1 is 0.756 bits per heavy atom. The fraction of sp³-hybridized carbons (Fsp3) is 0.0625. The van der Waals surface area contributed by atoms with Gasteiger partial charge in [-0.05, 0) is 69.1 Å². The molecule has 0 saturated heterocycles. The van der Waals surface area contributed by atoms with Gasteiger partial charge in [-0.3, -0.25) is 0 Å². The third kappa shape index (κ3) is 4.09. The average molecular weight is 577 g/mol. The third-order valence-corrected chi connectivity index (χ3v) is 7.97. The van der Waals surface area contributed by atoms with Gasteiger partial charge in [0.1, 0.15) is 0 Å². The van der Waals surface area contributed by atoms with Crippen LogP contribution in [0.25, 0.3) is 38.8 Å². The first-order valence-electron chi connectivity index (χ1n) is 12.9. The highest BCUT2D eigenvalue weighted by molar-refractivity contribution is 6.31. The molecule has 4 aromatic carbocycles. The Balaban J connectivity index is 1.62. The standard InChI is InChI=1S/C32H22Cl2N6O/c1-39-19-35-18-28(39)32(41,22-10-13-24(33)14-11-22)23-12-15-27-26(17-23)29(21-8-5-9-25(34)16-21)30(20-6-3-2-4-7-20)31-36-37-38-40(27)31/h2-19,41H,1H3. The topological polar surface area (TPSA) is 81.1 Å². The SMILES string of the molecule is Cn1cncc1C(O)(c1ccc(Cl)cc1)c1ccc2c(c1)c(-c1cccc(Cl)c1)c(-c1ccccc1)c1nnnn12. The van der Waals surface area contributed by atoms with Crippen molar-refractivity contribution in [2.24, 2.45) is 7.05 Å². The van der Waals surface area contributed by atoms with Gasteiger partial charge in [0.2, 0.25) is 0 Å².